The molecular weight excluding hydrogens is 246 g/mol. The molecule has 3 heteroatoms. The lowest BCUT2D eigenvalue weighted by Crippen LogP contribution is -2.19. The van der Waals surface area contributed by atoms with E-state index < -0.39 is 0 Å². The van der Waals surface area contributed by atoms with Crippen molar-refractivity contribution >= 4 is 11.6 Å². The van der Waals surface area contributed by atoms with Crippen LogP contribution in [-0.4, -0.2) is 12.0 Å². The molecule has 0 aromatic rings. The number of hydrogen-bond donors (Lipinski definition) is 0. The highest BCUT2D eigenvalue weighted by molar-refractivity contribution is 6.31. The molecule has 0 aromatic carbocycles. The molecule has 0 amide bonds. The second-order valence-corrected chi connectivity index (χ2v) is 4.70. The molecule has 1 aliphatic heterocycles. The molecule has 0 aromatic heterocycles. The Labute approximate surface area is 115 Å². The summed E-state index contributed by atoms with van der Waals surface area (Å²) in [5.41, 5.74) is 1.71. The second-order valence-electron chi connectivity index (χ2n) is 4.27. The normalized spacial score (nSPS) is 18.6. The fraction of sp³-hybridized carbons (Fsp3) is 0.333. The third kappa shape index (κ3) is 3.54. The van der Waals surface area contributed by atoms with E-state index in [1.54, 1.807) is 7.11 Å². The molecule has 0 saturated carbocycles. The monoisotopic (exact) mass is 265 g/mol. The first kappa shape index (κ1) is 14.7. The van der Waals surface area contributed by atoms with Crippen LogP contribution in [0, 0.1) is 5.92 Å². The first-order chi connectivity index (χ1) is 8.49. The number of allylic oxidation sites excluding steroid dienone is 4. The van der Waals surface area contributed by atoms with Gasteiger partial charge in [-0.15, -0.1) is 0 Å². The zero-order chi connectivity index (χ0) is 13.7. The zero-order valence-corrected chi connectivity index (χ0v) is 12.0. The molecule has 1 rings (SSSR count). The Morgan fingerprint density at radius 2 is 2.22 bits per heavy atom. The highest BCUT2D eigenvalue weighted by Gasteiger charge is 2.16. The smallest absolute Gasteiger partial charge is 0.135 e. The molecule has 0 N–H and O–H groups in total. The molecule has 0 spiro atoms. The predicted molar refractivity (Wildman–Crippen MR) is 77.7 cm³/mol. The third-order valence-electron chi connectivity index (χ3n) is 2.91. The number of hydrogen-bond acceptors (Lipinski definition) is 2. The van der Waals surface area contributed by atoms with Crippen LogP contribution in [0.5, 0.6) is 0 Å². The summed E-state index contributed by atoms with van der Waals surface area (Å²) in [6.07, 6.45) is 8.86. The lowest BCUT2D eigenvalue weighted by atomic mass is 10.1. The van der Waals surface area contributed by atoms with Gasteiger partial charge in [0, 0.05) is 16.9 Å². The Kier molecular flexibility index (Phi) is 5.29. The number of methoxy groups -OCH3 is 1. The Balaban J connectivity index is 3.03. The summed E-state index contributed by atoms with van der Waals surface area (Å²) < 4.78 is 5.12. The molecule has 0 bridgehead atoms. The van der Waals surface area contributed by atoms with Crippen LogP contribution in [0.4, 0.5) is 0 Å². The maximum Gasteiger partial charge on any atom is 0.135 e. The van der Waals surface area contributed by atoms with Crippen molar-refractivity contribution in [3.8, 4) is 0 Å². The maximum absolute atomic E-state index is 6.04. The predicted octanol–water partition coefficient (Wildman–Crippen LogP) is 4.54. The van der Waals surface area contributed by atoms with Crippen LogP contribution >= 0.6 is 11.6 Å². The summed E-state index contributed by atoms with van der Waals surface area (Å²) in [6, 6.07) is 0. The Morgan fingerprint density at radius 3 is 2.78 bits per heavy atom. The molecule has 98 valence electrons. The Bertz CT molecular complexity index is 432. The van der Waals surface area contributed by atoms with E-state index >= 15 is 0 Å². The quantitative estimate of drug-likeness (QED) is 0.534. The topological polar surface area (TPSA) is 12.5 Å². The molecule has 0 radical (unpaired) electrons. The van der Waals surface area contributed by atoms with Crippen molar-refractivity contribution in [1.29, 1.82) is 0 Å². The summed E-state index contributed by atoms with van der Waals surface area (Å²) in [5, 5.41) is 0.705. The van der Waals surface area contributed by atoms with E-state index in [1.165, 1.54) is 0 Å². The van der Waals surface area contributed by atoms with Crippen LogP contribution in [-0.2, 0) is 4.74 Å². The Morgan fingerprint density at radius 1 is 1.56 bits per heavy atom. The highest BCUT2D eigenvalue weighted by atomic mass is 35.5. The molecule has 1 aliphatic rings. The minimum atomic E-state index is 0.471. The third-order valence-corrected chi connectivity index (χ3v) is 3.14. The molecule has 0 fully saturated rings. The van der Waals surface area contributed by atoms with Gasteiger partial charge in [-0.25, -0.2) is 0 Å². The molecule has 2 nitrogen and oxygen atoms in total. The van der Waals surface area contributed by atoms with E-state index in [-0.39, 0.29) is 0 Å². The van der Waals surface area contributed by atoms with Crippen molar-refractivity contribution in [1.82, 2.24) is 4.90 Å². The van der Waals surface area contributed by atoms with Gasteiger partial charge >= 0.3 is 0 Å². The minimum absolute atomic E-state index is 0.471. The lowest BCUT2D eigenvalue weighted by Gasteiger charge is -2.27. The first-order valence-corrected chi connectivity index (χ1v) is 6.36. The average molecular weight is 266 g/mol. The number of nitrogens with zero attached hydrogens (tertiary/aromatic N) is 1. The summed E-state index contributed by atoms with van der Waals surface area (Å²) in [6.45, 7) is 12.1. The van der Waals surface area contributed by atoms with Gasteiger partial charge in [0.2, 0.25) is 0 Å². The standard InChI is InChI=1S/C15H20ClNO/c1-6-11(2)9-15-10-14(16)7-8-17(15)12(3)13(4)18-5/h7-11H,3-4,6H2,1-2,5H3/b15-9-. The van der Waals surface area contributed by atoms with Crippen molar-refractivity contribution < 1.29 is 4.74 Å². The largest absolute Gasteiger partial charge is 0.495 e. The molecule has 1 heterocycles. The summed E-state index contributed by atoms with van der Waals surface area (Å²) >= 11 is 6.04. The van der Waals surface area contributed by atoms with E-state index in [0.717, 1.165) is 12.1 Å². The van der Waals surface area contributed by atoms with Crippen LogP contribution < -0.4 is 0 Å². The molecule has 0 aliphatic carbocycles. The van der Waals surface area contributed by atoms with E-state index in [9.17, 15) is 0 Å². The van der Waals surface area contributed by atoms with Crippen molar-refractivity contribution in [3.05, 3.63) is 59.8 Å². The van der Waals surface area contributed by atoms with E-state index in [0.29, 0.717) is 22.4 Å². The van der Waals surface area contributed by atoms with Gasteiger partial charge in [-0.05, 0) is 18.1 Å². The SMILES string of the molecule is C=C(OC)C(=C)N1C=CC(Cl)=C/C1=C/C(C)CC. The van der Waals surface area contributed by atoms with Gasteiger partial charge in [-0.3, -0.25) is 0 Å². The zero-order valence-electron chi connectivity index (χ0n) is 11.2. The minimum Gasteiger partial charge on any atom is -0.495 e. The molecular formula is C15H20ClNO. The molecule has 18 heavy (non-hydrogen) atoms. The van der Waals surface area contributed by atoms with E-state index in [1.807, 2.05) is 23.3 Å². The van der Waals surface area contributed by atoms with E-state index in [2.05, 4.69) is 33.1 Å². The highest BCUT2D eigenvalue weighted by Crippen LogP contribution is 2.27. The van der Waals surface area contributed by atoms with Crippen LogP contribution in [0.3, 0.4) is 0 Å². The van der Waals surface area contributed by atoms with Crippen molar-refractivity contribution in [2.24, 2.45) is 5.92 Å². The fourth-order valence-electron chi connectivity index (χ4n) is 1.53. The van der Waals surface area contributed by atoms with Crippen LogP contribution in [0.15, 0.2) is 59.8 Å². The molecule has 1 atom stereocenters. The van der Waals surface area contributed by atoms with E-state index in [4.69, 9.17) is 16.3 Å². The molecule has 0 saturated heterocycles. The van der Waals surface area contributed by atoms with Crippen LogP contribution in [0.1, 0.15) is 20.3 Å². The summed E-state index contributed by atoms with van der Waals surface area (Å²) in [4.78, 5) is 1.93. The van der Waals surface area contributed by atoms with Gasteiger partial charge in [0.15, 0.2) is 0 Å². The number of ether oxygens (including phenoxy) is 1. The van der Waals surface area contributed by atoms with Crippen LogP contribution in [0.25, 0.3) is 0 Å². The van der Waals surface area contributed by atoms with Gasteiger partial charge < -0.3 is 9.64 Å². The number of rotatable bonds is 5. The maximum atomic E-state index is 6.04. The number of halogens is 1. The van der Waals surface area contributed by atoms with Crippen LogP contribution in [0.2, 0.25) is 0 Å². The van der Waals surface area contributed by atoms with Gasteiger partial charge in [0.1, 0.15) is 5.76 Å². The average Bonchev–Trinajstić information content (AvgIpc) is 2.37. The van der Waals surface area contributed by atoms with Gasteiger partial charge in [0.25, 0.3) is 0 Å². The van der Waals surface area contributed by atoms with Gasteiger partial charge in [0.05, 0.1) is 12.8 Å². The second kappa shape index (κ2) is 6.50. The fourth-order valence-corrected chi connectivity index (χ4v) is 1.69. The van der Waals surface area contributed by atoms with Gasteiger partial charge in [-0.2, -0.15) is 0 Å². The lowest BCUT2D eigenvalue weighted by molar-refractivity contribution is 0.287. The van der Waals surface area contributed by atoms with Crippen molar-refractivity contribution in [2.45, 2.75) is 20.3 Å². The van der Waals surface area contributed by atoms with Crippen molar-refractivity contribution in [2.75, 3.05) is 7.11 Å². The Hall–Kier alpha value is -1.41. The summed E-state index contributed by atoms with van der Waals surface area (Å²) in [5.74, 6) is 1.01. The van der Waals surface area contributed by atoms with Crippen molar-refractivity contribution in [3.63, 3.8) is 0 Å². The summed E-state index contributed by atoms with van der Waals surface area (Å²) in [7, 11) is 1.59. The molecule has 1 unspecified atom stereocenters. The van der Waals surface area contributed by atoms with Gasteiger partial charge in [-0.1, -0.05) is 51.1 Å². The first-order valence-electron chi connectivity index (χ1n) is 5.98.